The summed E-state index contributed by atoms with van der Waals surface area (Å²) in [5.74, 6) is -2.35. The highest BCUT2D eigenvalue weighted by molar-refractivity contribution is 6.39. The minimum absolute atomic E-state index is 0.0277. The molecule has 0 fully saturated rings. The molecule has 3 N–H and O–H groups in total. The van der Waals surface area contributed by atoms with Crippen LogP contribution in [0.15, 0.2) is 71.8 Å². The third kappa shape index (κ3) is 7.66. The molecular weight excluding hydrogens is 489 g/mol. The van der Waals surface area contributed by atoms with Crippen molar-refractivity contribution in [1.29, 1.82) is 0 Å². The van der Waals surface area contributed by atoms with Gasteiger partial charge in [-0.2, -0.15) is 18.3 Å². The predicted octanol–water partition coefficient (Wildman–Crippen LogP) is 4.43. The SMILES string of the molecule is Cc1cccc(NC(=O)C(=O)N/N=C\c2ccccc2OCC(=O)Nc2cccc(C(F)(F)F)c2)c1C. The van der Waals surface area contributed by atoms with Crippen LogP contribution in [-0.2, 0) is 20.6 Å². The van der Waals surface area contributed by atoms with Gasteiger partial charge in [-0.05, 0) is 61.4 Å². The molecule has 11 heteroatoms. The fraction of sp³-hybridized carbons (Fsp3) is 0.154. The van der Waals surface area contributed by atoms with E-state index in [1.54, 1.807) is 30.3 Å². The zero-order valence-corrected chi connectivity index (χ0v) is 19.8. The average Bonchev–Trinajstić information content (AvgIpc) is 2.85. The number of ether oxygens (including phenoxy) is 1. The van der Waals surface area contributed by atoms with Gasteiger partial charge in [-0.15, -0.1) is 0 Å². The molecular formula is C26H23F3N4O4. The van der Waals surface area contributed by atoms with Crippen LogP contribution in [0.25, 0.3) is 0 Å². The molecule has 0 atom stereocenters. The van der Waals surface area contributed by atoms with Gasteiger partial charge < -0.3 is 15.4 Å². The van der Waals surface area contributed by atoms with Gasteiger partial charge in [-0.3, -0.25) is 14.4 Å². The number of nitrogens with one attached hydrogen (secondary N) is 3. The van der Waals surface area contributed by atoms with Crippen LogP contribution >= 0.6 is 0 Å². The van der Waals surface area contributed by atoms with Crippen LogP contribution in [0.1, 0.15) is 22.3 Å². The molecule has 0 aliphatic rings. The number of benzene rings is 3. The average molecular weight is 512 g/mol. The second kappa shape index (κ2) is 11.8. The minimum atomic E-state index is -4.54. The van der Waals surface area contributed by atoms with Crippen LogP contribution in [0.5, 0.6) is 5.75 Å². The van der Waals surface area contributed by atoms with Gasteiger partial charge in [0.15, 0.2) is 6.61 Å². The van der Waals surface area contributed by atoms with Crippen LogP contribution in [-0.4, -0.2) is 30.5 Å². The molecule has 0 unspecified atom stereocenters. The summed E-state index contributed by atoms with van der Waals surface area (Å²) < 4.78 is 44.0. The van der Waals surface area contributed by atoms with E-state index in [2.05, 4.69) is 21.2 Å². The zero-order chi connectivity index (χ0) is 27.0. The monoisotopic (exact) mass is 512 g/mol. The van der Waals surface area contributed by atoms with E-state index in [0.717, 1.165) is 23.3 Å². The van der Waals surface area contributed by atoms with Crippen molar-refractivity contribution in [3.63, 3.8) is 0 Å². The predicted molar refractivity (Wildman–Crippen MR) is 132 cm³/mol. The summed E-state index contributed by atoms with van der Waals surface area (Å²) in [6.07, 6.45) is -3.31. The maximum atomic E-state index is 12.8. The number of aryl methyl sites for hydroxylation is 1. The Kier molecular flexibility index (Phi) is 8.62. The largest absolute Gasteiger partial charge is 0.483 e. The van der Waals surface area contributed by atoms with Gasteiger partial charge in [0.05, 0.1) is 11.8 Å². The van der Waals surface area contributed by atoms with E-state index in [4.69, 9.17) is 4.74 Å². The number of rotatable bonds is 7. The number of hydrazone groups is 1. The molecule has 8 nitrogen and oxygen atoms in total. The van der Waals surface area contributed by atoms with E-state index in [1.807, 2.05) is 19.9 Å². The van der Waals surface area contributed by atoms with E-state index in [9.17, 15) is 27.6 Å². The number of hydrogen-bond donors (Lipinski definition) is 3. The number of para-hydroxylation sites is 1. The molecule has 3 aromatic carbocycles. The highest BCUT2D eigenvalue weighted by Gasteiger charge is 2.30. The fourth-order valence-corrected chi connectivity index (χ4v) is 3.11. The smallest absolute Gasteiger partial charge is 0.416 e. The van der Waals surface area contributed by atoms with Crippen molar-refractivity contribution in [1.82, 2.24) is 5.43 Å². The summed E-state index contributed by atoms with van der Waals surface area (Å²) in [5, 5.41) is 8.62. The van der Waals surface area contributed by atoms with Gasteiger partial charge in [0.1, 0.15) is 5.75 Å². The first-order valence-corrected chi connectivity index (χ1v) is 10.9. The second-order valence-electron chi connectivity index (χ2n) is 7.85. The van der Waals surface area contributed by atoms with Crippen LogP contribution in [0.3, 0.4) is 0 Å². The number of nitrogens with zero attached hydrogens (tertiary/aromatic N) is 1. The summed E-state index contributed by atoms with van der Waals surface area (Å²) in [7, 11) is 0. The molecule has 0 aromatic heterocycles. The van der Waals surface area contributed by atoms with Gasteiger partial charge in [0, 0.05) is 16.9 Å². The lowest BCUT2D eigenvalue weighted by Gasteiger charge is -2.11. The third-order valence-electron chi connectivity index (χ3n) is 5.18. The fourth-order valence-electron chi connectivity index (χ4n) is 3.11. The number of anilines is 2. The van der Waals surface area contributed by atoms with E-state index in [1.165, 1.54) is 24.4 Å². The Morgan fingerprint density at radius 2 is 1.65 bits per heavy atom. The molecule has 0 aliphatic carbocycles. The van der Waals surface area contributed by atoms with Gasteiger partial charge in [-0.25, -0.2) is 5.43 Å². The summed E-state index contributed by atoms with van der Waals surface area (Å²) in [5.41, 5.74) is 3.87. The van der Waals surface area contributed by atoms with Crippen LogP contribution in [0.4, 0.5) is 24.5 Å². The maximum Gasteiger partial charge on any atom is 0.416 e. The Morgan fingerprint density at radius 1 is 0.919 bits per heavy atom. The van der Waals surface area contributed by atoms with Crippen molar-refractivity contribution in [2.24, 2.45) is 5.10 Å². The standard InChI is InChI=1S/C26H23F3N4O4/c1-16-7-5-11-21(17(16)2)32-24(35)25(36)33-30-14-18-8-3-4-12-22(18)37-15-23(34)31-20-10-6-9-19(13-20)26(27,28)29/h3-14H,15H2,1-2H3,(H,31,34)(H,32,35)(H,33,36)/b30-14-. The summed E-state index contributed by atoms with van der Waals surface area (Å²) in [6, 6.07) is 15.9. The topological polar surface area (TPSA) is 109 Å². The van der Waals surface area contributed by atoms with E-state index < -0.39 is 36.1 Å². The Labute approximate surface area is 210 Å². The first-order chi connectivity index (χ1) is 17.5. The number of carbonyl (C=O) groups is 3. The van der Waals surface area contributed by atoms with Gasteiger partial charge in [0.25, 0.3) is 5.91 Å². The molecule has 0 spiro atoms. The molecule has 3 amide bonds. The number of halogens is 3. The van der Waals surface area contributed by atoms with Crippen LogP contribution < -0.4 is 20.8 Å². The van der Waals surface area contributed by atoms with Crippen LogP contribution in [0, 0.1) is 13.8 Å². The summed E-state index contributed by atoms with van der Waals surface area (Å²) >= 11 is 0. The van der Waals surface area contributed by atoms with Crippen molar-refractivity contribution in [3.05, 3.63) is 89.0 Å². The molecule has 0 aliphatic heterocycles. The Balaban J connectivity index is 1.56. The first kappa shape index (κ1) is 26.9. The van der Waals surface area contributed by atoms with Crippen molar-refractivity contribution in [2.45, 2.75) is 20.0 Å². The Morgan fingerprint density at radius 3 is 2.41 bits per heavy atom. The molecule has 3 aromatic rings. The highest BCUT2D eigenvalue weighted by atomic mass is 19.4. The zero-order valence-electron chi connectivity index (χ0n) is 19.8. The Hall–Kier alpha value is -4.67. The third-order valence-corrected chi connectivity index (χ3v) is 5.18. The lowest BCUT2D eigenvalue weighted by atomic mass is 10.1. The Bertz CT molecular complexity index is 1340. The molecule has 37 heavy (non-hydrogen) atoms. The highest BCUT2D eigenvalue weighted by Crippen LogP contribution is 2.30. The molecule has 0 bridgehead atoms. The van der Waals surface area contributed by atoms with Gasteiger partial charge >= 0.3 is 18.0 Å². The molecule has 0 heterocycles. The number of hydrogen-bond acceptors (Lipinski definition) is 5. The lowest BCUT2D eigenvalue weighted by Crippen LogP contribution is -2.32. The molecule has 192 valence electrons. The number of carbonyl (C=O) groups excluding carboxylic acids is 3. The van der Waals surface area contributed by atoms with Crippen molar-refractivity contribution < 1.29 is 32.3 Å². The number of amides is 3. The van der Waals surface area contributed by atoms with E-state index in [-0.39, 0.29) is 11.4 Å². The van der Waals surface area contributed by atoms with Crippen molar-refractivity contribution in [3.8, 4) is 5.75 Å². The van der Waals surface area contributed by atoms with Gasteiger partial charge in [-0.1, -0.05) is 30.3 Å². The molecule has 0 radical (unpaired) electrons. The second-order valence-corrected chi connectivity index (χ2v) is 7.85. The van der Waals surface area contributed by atoms with Crippen LogP contribution in [0.2, 0.25) is 0 Å². The van der Waals surface area contributed by atoms with Crippen molar-refractivity contribution in [2.75, 3.05) is 17.2 Å². The summed E-state index contributed by atoms with van der Waals surface area (Å²) in [4.78, 5) is 36.4. The molecule has 0 saturated carbocycles. The quantitative estimate of drug-likeness (QED) is 0.247. The maximum absolute atomic E-state index is 12.8. The summed E-state index contributed by atoms with van der Waals surface area (Å²) in [6.45, 7) is 3.20. The molecule has 0 saturated heterocycles. The first-order valence-electron chi connectivity index (χ1n) is 10.9. The number of alkyl halides is 3. The minimum Gasteiger partial charge on any atom is -0.483 e. The van der Waals surface area contributed by atoms with E-state index in [0.29, 0.717) is 11.3 Å². The van der Waals surface area contributed by atoms with Gasteiger partial charge in [0.2, 0.25) is 0 Å². The van der Waals surface area contributed by atoms with E-state index >= 15 is 0 Å². The van der Waals surface area contributed by atoms with Crippen molar-refractivity contribution >= 4 is 35.3 Å². The molecule has 3 rings (SSSR count). The lowest BCUT2D eigenvalue weighted by molar-refractivity contribution is -0.137. The normalized spacial score (nSPS) is 11.2.